The Hall–Kier alpha value is -2.03. The maximum absolute atomic E-state index is 12.3. The van der Waals surface area contributed by atoms with E-state index in [2.05, 4.69) is 14.5 Å². The molecular formula is C10H11F3N2O4. The van der Waals surface area contributed by atoms with Crippen molar-refractivity contribution in [2.45, 2.75) is 19.8 Å². The Morgan fingerprint density at radius 2 is 2.16 bits per heavy atom. The zero-order valence-corrected chi connectivity index (χ0v) is 9.82. The molecule has 0 spiro atoms. The molecule has 0 aromatic carbocycles. The first kappa shape index (κ1) is 15.0. The van der Waals surface area contributed by atoms with Crippen LogP contribution in [0.2, 0.25) is 0 Å². The van der Waals surface area contributed by atoms with E-state index in [-0.39, 0.29) is 12.2 Å². The summed E-state index contributed by atoms with van der Waals surface area (Å²) in [6, 6.07) is 0. The number of nitrogens with zero attached hydrogens (tertiary/aromatic N) is 1. The van der Waals surface area contributed by atoms with E-state index in [0.717, 1.165) is 6.20 Å². The van der Waals surface area contributed by atoms with Gasteiger partial charge in [0, 0.05) is 6.54 Å². The van der Waals surface area contributed by atoms with Gasteiger partial charge in [0.1, 0.15) is 5.75 Å². The summed E-state index contributed by atoms with van der Waals surface area (Å²) in [5.41, 5.74) is 4.15. The highest BCUT2D eigenvalue weighted by Gasteiger charge is 2.35. The van der Waals surface area contributed by atoms with Gasteiger partial charge in [-0.15, -0.1) is 13.2 Å². The van der Waals surface area contributed by atoms with E-state index >= 15 is 0 Å². The number of pyridine rings is 1. The molecule has 106 valence electrons. The molecule has 0 saturated carbocycles. The average Bonchev–Trinajstić information content (AvgIpc) is 2.27. The van der Waals surface area contributed by atoms with E-state index in [1.54, 1.807) is 0 Å². The number of carbonyl (C=O) groups excluding carboxylic acids is 1. The maximum Gasteiger partial charge on any atom is 0.573 e. The second-order valence-electron chi connectivity index (χ2n) is 3.27. The van der Waals surface area contributed by atoms with Crippen molar-refractivity contribution in [3.05, 3.63) is 17.5 Å². The molecule has 0 fully saturated rings. The Bertz CT molecular complexity index is 477. The second kappa shape index (κ2) is 5.74. The van der Waals surface area contributed by atoms with Crippen LogP contribution in [0.5, 0.6) is 11.5 Å². The molecule has 1 rings (SSSR count). The molecule has 1 heterocycles. The van der Waals surface area contributed by atoms with Crippen molar-refractivity contribution < 1.29 is 32.5 Å². The Balaban J connectivity index is 3.34. The molecule has 0 radical (unpaired) electrons. The summed E-state index contributed by atoms with van der Waals surface area (Å²) in [5, 5.41) is 9.38. The lowest BCUT2D eigenvalue weighted by Crippen LogP contribution is -2.22. The van der Waals surface area contributed by atoms with Crippen LogP contribution in [-0.2, 0) is 11.3 Å². The summed E-state index contributed by atoms with van der Waals surface area (Å²) in [6.45, 7) is 0.962. The third kappa shape index (κ3) is 3.71. The van der Waals surface area contributed by atoms with E-state index in [0.29, 0.717) is 0 Å². The van der Waals surface area contributed by atoms with Gasteiger partial charge in [-0.2, -0.15) is 0 Å². The molecule has 0 aliphatic rings. The molecule has 3 N–H and O–H groups in total. The quantitative estimate of drug-likeness (QED) is 0.808. The number of hydrogen-bond acceptors (Lipinski definition) is 6. The van der Waals surface area contributed by atoms with Gasteiger partial charge >= 0.3 is 12.3 Å². The predicted molar refractivity (Wildman–Crippen MR) is 56.4 cm³/mol. The number of hydrogen-bond donors (Lipinski definition) is 2. The van der Waals surface area contributed by atoms with Crippen molar-refractivity contribution in [3.8, 4) is 11.5 Å². The van der Waals surface area contributed by atoms with Crippen LogP contribution in [0.1, 0.15) is 23.0 Å². The fourth-order valence-corrected chi connectivity index (χ4v) is 1.29. The molecule has 0 atom stereocenters. The highest BCUT2D eigenvalue weighted by atomic mass is 19.4. The van der Waals surface area contributed by atoms with Gasteiger partial charge in [-0.1, -0.05) is 0 Å². The monoisotopic (exact) mass is 280 g/mol. The number of aromatic nitrogens is 1. The third-order valence-electron chi connectivity index (χ3n) is 2.00. The summed E-state index contributed by atoms with van der Waals surface area (Å²) in [7, 11) is 0. The molecule has 1 aromatic heterocycles. The van der Waals surface area contributed by atoms with Crippen molar-refractivity contribution in [1.82, 2.24) is 4.98 Å². The van der Waals surface area contributed by atoms with Crippen LogP contribution in [0.25, 0.3) is 0 Å². The zero-order chi connectivity index (χ0) is 14.6. The van der Waals surface area contributed by atoms with Crippen molar-refractivity contribution in [1.29, 1.82) is 0 Å². The molecule has 0 amide bonds. The van der Waals surface area contributed by atoms with E-state index in [1.807, 2.05) is 0 Å². The summed E-state index contributed by atoms with van der Waals surface area (Å²) < 4.78 is 45.1. The Kier molecular flexibility index (Phi) is 4.54. The van der Waals surface area contributed by atoms with Crippen molar-refractivity contribution in [2.24, 2.45) is 5.73 Å². The molecule has 0 unspecified atom stereocenters. The lowest BCUT2D eigenvalue weighted by molar-refractivity contribution is -0.275. The number of nitrogens with two attached hydrogens (primary N) is 1. The SMILES string of the molecule is CCOC(=O)c1ncc(O)c(CN)c1OC(F)(F)F. The molecule has 0 aliphatic heterocycles. The smallest absolute Gasteiger partial charge is 0.506 e. The van der Waals surface area contributed by atoms with Crippen molar-refractivity contribution in [2.75, 3.05) is 6.61 Å². The normalized spacial score (nSPS) is 11.2. The Labute approximate surface area is 105 Å². The molecule has 9 heteroatoms. The van der Waals surface area contributed by atoms with E-state index in [4.69, 9.17) is 5.73 Å². The second-order valence-corrected chi connectivity index (χ2v) is 3.27. The molecule has 0 saturated heterocycles. The highest BCUT2D eigenvalue weighted by Crippen LogP contribution is 2.34. The van der Waals surface area contributed by atoms with E-state index < -0.39 is 36.1 Å². The van der Waals surface area contributed by atoms with Gasteiger partial charge in [0.2, 0.25) is 0 Å². The Morgan fingerprint density at radius 3 is 2.63 bits per heavy atom. The van der Waals surface area contributed by atoms with E-state index in [9.17, 15) is 23.1 Å². The van der Waals surface area contributed by atoms with Gasteiger partial charge in [-0.25, -0.2) is 9.78 Å². The van der Waals surface area contributed by atoms with Crippen LogP contribution in [0.15, 0.2) is 6.20 Å². The van der Waals surface area contributed by atoms with Gasteiger partial charge < -0.3 is 20.3 Å². The first-order valence-electron chi connectivity index (χ1n) is 5.14. The van der Waals surface area contributed by atoms with Crippen molar-refractivity contribution >= 4 is 5.97 Å². The zero-order valence-electron chi connectivity index (χ0n) is 9.82. The van der Waals surface area contributed by atoms with Crippen LogP contribution in [-0.4, -0.2) is 29.0 Å². The average molecular weight is 280 g/mol. The summed E-state index contributed by atoms with van der Waals surface area (Å²) in [5.74, 6) is -2.65. The first-order valence-corrected chi connectivity index (χ1v) is 5.14. The van der Waals surface area contributed by atoms with Gasteiger partial charge in [0.05, 0.1) is 18.4 Å². The Morgan fingerprint density at radius 1 is 1.53 bits per heavy atom. The number of esters is 1. The molecule has 1 aromatic rings. The fraction of sp³-hybridized carbons (Fsp3) is 0.400. The first-order chi connectivity index (χ1) is 8.80. The number of carbonyl (C=O) groups is 1. The fourth-order valence-electron chi connectivity index (χ4n) is 1.29. The predicted octanol–water partition coefficient (Wildman–Crippen LogP) is 1.32. The van der Waals surface area contributed by atoms with Gasteiger partial charge in [-0.05, 0) is 6.92 Å². The largest absolute Gasteiger partial charge is 0.573 e. The van der Waals surface area contributed by atoms with Crippen LogP contribution >= 0.6 is 0 Å². The van der Waals surface area contributed by atoms with Gasteiger partial charge in [0.15, 0.2) is 11.4 Å². The molecule has 0 bridgehead atoms. The molecule has 0 aliphatic carbocycles. The minimum Gasteiger partial charge on any atom is -0.506 e. The summed E-state index contributed by atoms with van der Waals surface area (Å²) >= 11 is 0. The van der Waals surface area contributed by atoms with Crippen LogP contribution in [0, 0.1) is 0 Å². The minimum atomic E-state index is -5.05. The topological polar surface area (TPSA) is 94.7 Å². The standard InChI is InChI=1S/C10H11F3N2O4/c1-2-18-9(17)7-8(19-10(11,12)13)5(3-14)6(16)4-15-7/h4,16H,2-3,14H2,1H3. The van der Waals surface area contributed by atoms with Gasteiger partial charge in [-0.3, -0.25) is 0 Å². The molecule has 19 heavy (non-hydrogen) atoms. The minimum absolute atomic E-state index is 0.0508. The lowest BCUT2D eigenvalue weighted by atomic mass is 10.2. The lowest BCUT2D eigenvalue weighted by Gasteiger charge is -2.15. The summed E-state index contributed by atoms with van der Waals surface area (Å²) in [4.78, 5) is 14.9. The number of ether oxygens (including phenoxy) is 2. The van der Waals surface area contributed by atoms with E-state index in [1.165, 1.54) is 6.92 Å². The van der Waals surface area contributed by atoms with Gasteiger partial charge in [0.25, 0.3) is 0 Å². The number of halogens is 3. The van der Waals surface area contributed by atoms with Crippen molar-refractivity contribution in [3.63, 3.8) is 0 Å². The number of aromatic hydroxyl groups is 1. The van der Waals surface area contributed by atoms with Crippen LogP contribution < -0.4 is 10.5 Å². The summed E-state index contributed by atoms with van der Waals surface area (Å²) in [6.07, 6.45) is -4.25. The van der Waals surface area contributed by atoms with Crippen LogP contribution in [0.3, 0.4) is 0 Å². The maximum atomic E-state index is 12.3. The van der Waals surface area contributed by atoms with Crippen LogP contribution in [0.4, 0.5) is 13.2 Å². The molecular weight excluding hydrogens is 269 g/mol. The third-order valence-corrected chi connectivity index (χ3v) is 2.00. The number of rotatable bonds is 4. The molecule has 6 nitrogen and oxygen atoms in total. The highest BCUT2D eigenvalue weighted by molar-refractivity contribution is 5.91. The number of alkyl halides is 3.